The first-order valence-corrected chi connectivity index (χ1v) is 23.9. The zero-order chi connectivity index (χ0) is 59.8. The molecule has 0 fully saturated rings. The molecule has 0 saturated carbocycles. The molecule has 0 aliphatic carbocycles. The van der Waals surface area contributed by atoms with Crippen LogP contribution in [-0.4, -0.2) is 19.6 Å². The Bertz CT molecular complexity index is 4020. The van der Waals surface area contributed by atoms with E-state index in [4.69, 9.17) is 26.4 Å². The van der Waals surface area contributed by atoms with Crippen LogP contribution in [0.4, 0.5) is 0 Å². The van der Waals surface area contributed by atoms with Crippen LogP contribution in [-0.2, 0) is 16.2 Å². The third kappa shape index (κ3) is 9.23. The van der Waals surface area contributed by atoms with Gasteiger partial charge in [0.1, 0.15) is 11.6 Å². The summed E-state index contributed by atoms with van der Waals surface area (Å²) >= 11 is 0. The smallest absolute Gasteiger partial charge is 0.149 e. The lowest BCUT2D eigenvalue weighted by molar-refractivity contribution is 0.446. The third-order valence-electron chi connectivity index (χ3n) is 13.3. The average Bonchev–Trinajstić information content (AvgIpc) is 1.40. The number of phenolic OH excluding ortho intramolecular Hbond substituents is 1. The zero-order valence-corrected chi connectivity index (χ0v) is 40.8. The fourth-order valence-corrected chi connectivity index (χ4v) is 9.51. The molecule has 0 aliphatic rings. The van der Waals surface area contributed by atoms with Gasteiger partial charge in [-0.05, 0) is 151 Å². The number of rotatable bonds is 8. The molecule has 10 aromatic rings. The lowest BCUT2D eigenvalue weighted by Crippen LogP contribution is -2.17. The van der Waals surface area contributed by atoms with Crippen LogP contribution >= 0.6 is 0 Å². The molecule has 4 heteroatoms. The summed E-state index contributed by atoms with van der Waals surface area (Å²) in [5.74, 6) is 0.342. The van der Waals surface area contributed by atoms with Crippen molar-refractivity contribution in [1.29, 1.82) is 0 Å². The molecule has 0 radical (unpaired) electrons. The SMILES string of the molecule is [2H]C([2H])([2H])c1cc(-c2ccccc2)ccc1-n1c(-c2cc(C(C)(C)C)cc(C(C)(C)C)c2O)nc2c(-c3cc(-c4ccccc4)cc(-c4cc(-c5cc(-c6ccccc6)ccc5C(C([2H])([2H])[2H])(C([2H])([2H])[2H])C([2H])([2H])[2H])ccn4)c3)cccc21. The van der Waals surface area contributed by atoms with Gasteiger partial charge in [0.05, 0.1) is 28.0 Å². The van der Waals surface area contributed by atoms with E-state index in [1.165, 1.54) is 12.3 Å². The Balaban J connectivity index is 1.26. The van der Waals surface area contributed by atoms with Gasteiger partial charge in [0.25, 0.3) is 0 Å². The van der Waals surface area contributed by atoms with Crippen molar-refractivity contribution in [1.82, 2.24) is 14.5 Å². The summed E-state index contributed by atoms with van der Waals surface area (Å²) in [4.78, 5) is 10.4. The normalized spacial score (nSPS) is 15.4. The minimum Gasteiger partial charge on any atom is -0.507 e. The predicted octanol–water partition coefficient (Wildman–Crippen LogP) is 18.0. The Hall–Kier alpha value is -7.82. The van der Waals surface area contributed by atoms with Gasteiger partial charge in [-0.2, -0.15) is 0 Å². The summed E-state index contributed by atoms with van der Waals surface area (Å²) in [5, 5.41) is 12.6. The van der Waals surface area contributed by atoms with Crippen molar-refractivity contribution in [3.8, 4) is 89.7 Å². The topological polar surface area (TPSA) is 50.9 Å². The summed E-state index contributed by atoms with van der Waals surface area (Å²) in [7, 11) is 0. The quantitative estimate of drug-likeness (QED) is 0.165. The highest BCUT2D eigenvalue weighted by Gasteiger charge is 2.29. The molecule has 71 heavy (non-hydrogen) atoms. The lowest BCUT2D eigenvalue weighted by Gasteiger charge is -2.27. The first-order valence-electron chi connectivity index (χ1n) is 29.9. The van der Waals surface area contributed by atoms with Crippen molar-refractivity contribution in [3.05, 3.63) is 217 Å². The number of phenols is 1. The fourth-order valence-electron chi connectivity index (χ4n) is 9.51. The molecule has 1 N–H and O–H groups in total. The zero-order valence-electron chi connectivity index (χ0n) is 52.8. The molecule has 4 nitrogen and oxygen atoms in total. The van der Waals surface area contributed by atoms with E-state index < -0.39 is 38.2 Å². The van der Waals surface area contributed by atoms with Crippen LogP contribution in [0.15, 0.2) is 194 Å². The first kappa shape index (κ1) is 34.5. The summed E-state index contributed by atoms with van der Waals surface area (Å²) in [5.41, 5.74) is 6.30. The number of nitrogens with zero attached hydrogens (tertiary/aromatic N) is 3. The van der Waals surface area contributed by atoms with Crippen LogP contribution in [0, 0.1) is 6.85 Å². The number of benzene rings is 8. The molecule has 352 valence electrons. The number of imidazole rings is 1. The van der Waals surface area contributed by atoms with E-state index in [-0.39, 0.29) is 27.9 Å². The highest BCUT2D eigenvalue weighted by molar-refractivity contribution is 5.98. The van der Waals surface area contributed by atoms with Crippen molar-refractivity contribution in [2.45, 2.75) is 85.2 Å². The molecule has 0 bridgehead atoms. The molecule has 8 aromatic carbocycles. The van der Waals surface area contributed by atoms with Gasteiger partial charge in [-0.25, -0.2) is 4.98 Å². The molecule has 0 aliphatic heterocycles. The molecule has 0 amide bonds. The second-order valence-electron chi connectivity index (χ2n) is 20.4. The standard InChI is InChI=1S/C67H63N3O/c1-43-35-47(44-21-14-11-15-22-44)30-32-60(43)70-61-28-20-27-54(62(61)69-64(70)56-41-53(65(2,3)4)42-58(63(56)71)67(8,9)10)51-36-50(46-25-18-13-19-26-46)37-52(38-51)59-40-49(33-34-68-59)55-39-48(45-23-16-12-17-24-45)29-31-57(55)66(5,6)7/h11-42,71H,1-10H3/i1D3,5D3,6D3,7D3. The Labute approximate surface area is 437 Å². The van der Waals surface area contributed by atoms with Crippen LogP contribution in [0.5, 0.6) is 5.75 Å². The van der Waals surface area contributed by atoms with E-state index in [2.05, 4.69) is 20.8 Å². The fraction of sp³-hybridized carbons (Fsp3) is 0.194. The average molecular weight is 938 g/mol. The summed E-state index contributed by atoms with van der Waals surface area (Å²) in [6.07, 6.45) is 1.53. The van der Waals surface area contributed by atoms with Crippen molar-refractivity contribution < 1.29 is 21.6 Å². The number of fused-ring (bicyclic) bond motifs is 1. The molecular weight excluding hydrogens is 863 g/mol. The number of para-hydroxylation sites is 1. The summed E-state index contributed by atoms with van der Waals surface area (Å²) < 4.78 is 108. The predicted molar refractivity (Wildman–Crippen MR) is 299 cm³/mol. The van der Waals surface area contributed by atoms with Crippen LogP contribution < -0.4 is 0 Å². The number of hydrogen-bond acceptors (Lipinski definition) is 3. The molecule has 2 heterocycles. The minimum atomic E-state index is -3.53. The van der Waals surface area contributed by atoms with Crippen LogP contribution in [0.1, 0.15) is 101 Å². The Morgan fingerprint density at radius 3 is 1.70 bits per heavy atom. The molecule has 10 rings (SSSR count). The Morgan fingerprint density at radius 1 is 0.451 bits per heavy atom. The van der Waals surface area contributed by atoms with Gasteiger partial charge in [0.2, 0.25) is 0 Å². The van der Waals surface area contributed by atoms with Gasteiger partial charge in [-0.3, -0.25) is 9.55 Å². The second kappa shape index (κ2) is 18.2. The molecular formula is C67H63N3O. The number of hydrogen-bond donors (Lipinski definition) is 1. The molecule has 0 saturated heterocycles. The Kier molecular flexibility index (Phi) is 8.82. The highest BCUT2D eigenvalue weighted by Crippen LogP contribution is 2.46. The van der Waals surface area contributed by atoms with E-state index in [0.717, 1.165) is 27.8 Å². The number of aryl methyl sites for hydroxylation is 1. The van der Waals surface area contributed by atoms with Gasteiger partial charge in [0.15, 0.2) is 0 Å². The monoisotopic (exact) mass is 938 g/mol. The van der Waals surface area contributed by atoms with Crippen molar-refractivity contribution >= 4 is 11.0 Å². The van der Waals surface area contributed by atoms with Gasteiger partial charge in [0, 0.05) is 39.3 Å². The third-order valence-corrected chi connectivity index (χ3v) is 13.3. The summed E-state index contributed by atoms with van der Waals surface area (Å²) in [6, 6.07) is 57.5. The maximum absolute atomic E-state index is 12.6. The van der Waals surface area contributed by atoms with Crippen molar-refractivity contribution in [2.24, 2.45) is 0 Å². The van der Waals surface area contributed by atoms with Crippen molar-refractivity contribution in [2.75, 3.05) is 0 Å². The van der Waals surface area contributed by atoms with Gasteiger partial charge >= 0.3 is 0 Å². The van der Waals surface area contributed by atoms with Crippen molar-refractivity contribution in [3.63, 3.8) is 0 Å². The lowest BCUT2D eigenvalue weighted by atomic mass is 9.79. The highest BCUT2D eigenvalue weighted by atomic mass is 16.3. The van der Waals surface area contributed by atoms with Gasteiger partial charge < -0.3 is 5.11 Å². The minimum absolute atomic E-state index is 0.0190. The van der Waals surface area contributed by atoms with E-state index in [9.17, 15) is 5.11 Å². The van der Waals surface area contributed by atoms with E-state index in [0.29, 0.717) is 72.7 Å². The molecule has 2 aromatic heterocycles. The largest absolute Gasteiger partial charge is 0.507 e. The van der Waals surface area contributed by atoms with Crippen LogP contribution in [0.3, 0.4) is 0 Å². The number of pyridine rings is 1. The molecule has 0 atom stereocenters. The number of aromatic hydroxyl groups is 1. The van der Waals surface area contributed by atoms with Crippen LogP contribution in [0.2, 0.25) is 0 Å². The molecule has 0 spiro atoms. The Morgan fingerprint density at radius 2 is 1.07 bits per heavy atom. The first-order chi connectivity index (χ1) is 38.9. The van der Waals surface area contributed by atoms with E-state index in [1.54, 1.807) is 30.3 Å². The van der Waals surface area contributed by atoms with Gasteiger partial charge in [-0.15, -0.1) is 0 Å². The van der Waals surface area contributed by atoms with Crippen LogP contribution in [0.25, 0.3) is 95.0 Å². The maximum Gasteiger partial charge on any atom is 0.149 e. The van der Waals surface area contributed by atoms with Gasteiger partial charge in [-0.1, -0.05) is 189 Å². The second-order valence-corrected chi connectivity index (χ2v) is 20.4. The van der Waals surface area contributed by atoms with E-state index in [1.807, 2.05) is 177 Å². The number of aromatic nitrogens is 3. The van der Waals surface area contributed by atoms with E-state index >= 15 is 0 Å². The summed E-state index contributed by atoms with van der Waals surface area (Å²) in [6.45, 7) is -0.765. The maximum atomic E-state index is 12.6. The molecule has 0 unspecified atom stereocenters.